The maximum atomic E-state index is 4.35. The van der Waals surface area contributed by atoms with Crippen molar-refractivity contribution in [2.45, 2.75) is 6.92 Å². The minimum absolute atomic E-state index is 0.778. The Morgan fingerprint density at radius 1 is 0.667 bits per heavy atom. The molecule has 0 fully saturated rings. The predicted octanol–water partition coefficient (Wildman–Crippen LogP) is 4.85. The van der Waals surface area contributed by atoms with Crippen LogP contribution < -0.4 is 15.9 Å². The van der Waals surface area contributed by atoms with Crippen molar-refractivity contribution in [1.29, 1.82) is 0 Å². The van der Waals surface area contributed by atoms with Crippen LogP contribution in [0.5, 0.6) is 0 Å². The molecular weight excluding hydrogens is 375 g/mol. The first-order chi connectivity index (χ1) is 11.7. The Balaban J connectivity index is 2.44. The zero-order chi connectivity index (χ0) is 16.9. The van der Waals surface area contributed by atoms with Crippen LogP contribution in [-0.4, -0.2) is 6.16 Å². The summed E-state index contributed by atoms with van der Waals surface area (Å²) in [5, 5.41) is 1.11. The van der Waals surface area contributed by atoms with Crippen LogP contribution in [-0.2, 0) is 0 Å². The molecule has 0 radical (unpaired) electrons. The van der Waals surface area contributed by atoms with Crippen LogP contribution in [0.25, 0.3) is 0 Å². The molecule has 3 aromatic rings. The van der Waals surface area contributed by atoms with Gasteiger partial charge >= 0.3 is 153 Å². The Kier molecular flexibility index (Phi) is 4.91. The molecule has 0 atom stereocenters. The molecule has 0 N–H and O–H groups in total. The molecular formula is C22H20BrP. The monoisotopic (exact) mass is 394 g/mol. The van der Waals surface area contributed by atoms with Gasteiger partial charge in [-0.25, -0.2) is 0 Å². The van der Waals surface area contributed by atoms with Crippen molar-refractivity contribution in [2.24, 2.45) is 0 Å². The fourth-order valence-corrected chi connectivity index (χ4v) is 9.95. The van der Waals surface area contributed by atoms with E-state index in [1.165, 1.54) is 15.9 Å². The van der Waals surface area contributed by atoms with Crippen molar-refractivity contribution in [3.8, 4) is 11.8 Å². The Bertz CT molecular complexity index is 762. The van der Waals surface area contributed by atoms with E-state index >= 15 is 0 Å². The van der Waals surface area contributed by atoms with E-state index in [0.29, 0.717) is 0 Å². The molecule has 0 saturated carbocycles. The van der Waals surface area contributed by atoms with Gasteiger partial charge in [-0.3, -0.25) is 0 Å². The first kappa shape index (κ1) is 17.0. The predicted molar refractivity (Wildman–Crippen MR) is 112 cm³/mol. The first-order valence-electron chi connectivity index (χ1n) is 7.99. The third-order valence-corrected chi connectivity index (χ3v) is 13.8. The average Bonchev–Trinajstić information content (AvgIpc) is 2.68. The van der Waals surface area contributed by atoms with Crippen LogP contribution in [0.4, 0.5) is 0 Å². The normalized spacial score (nSPS) is 12.5. The van der Waals surface area contributed by atoms with Crippen LogP contribution in [0.15, 0.2) is 91.0 Å². The summed E-state index contributed by atoms with van der Waals surface area (Å²) >= 11 is 4.35. The van der Waals surface area contributed by atoms with Crippen LogP contribution in [0.3, 0.4) is 0 Å². The van der Waals surface area contributed by atoms with Crippen molar-refractivity contribution >= 4 is 36.7 Å². The van der Waals surface area contributed by atoms with Gasteiger partial charge in [0.2, 0.25) is 0 Å². The van der Waals surface area contributed by atoms with E-state index in [9.17, 15) is 0 Å². The Morgan fingerprint density at radius 3 is 1.29 bits per heavy atom. The van der Waals surface area contributed by atoms with E-state index in [1.807, 2.05) is 6.92 Å². The van der Waals surface area contributed by atoms with Crippen molar-refractivity contribution in [3.05, 3.63) is 91.0 Å². The van der Waals surface area contributed by atoms with Gasteiger partial charge in [0.1, 0.15) is 0 Å². The molecule has 3 rings (SSSR count). The summed E-state index contributed by atoms with van der Waals surface area (Å²) in [5.74, 6) is 6.50. The molecule has 0 saturated heterocycles. The van der Waals surface area contributed by atoms with Gasteiger partial charge in [-0.2, -0.15) is 0 Å². The minimum atomic E-state index is -2.81. The Labute approximate surface area is 152 Å². The van der Waals surface area contributed by atoms with Gasteiger partial charge in [-0.05, 0) is 0 Å². The second-order valence-corrected chi connectivity index (χ2v) is 14.7. The SMILES string of the molecule is CC#CCP(Br)(c1ccccc1)(c1ccccc1)c1ccccc1. The van der Waals surface area contributed by atoms with Crippen molar-refractivity contribution < 1.29 is 0 Å². The van der Waals surface area contributed by atoms with Gasteiger partial charge in [0.15, 0.2) is 0 Å². The topological polar surface area (TPSA) is 0 Å². The van der Waals surface area contributed by atoms with E-state index in [0.717, 1.165) is 6.16 Å². The number of hydrogen-bond acceptors (Lipinski definition) is 0. The van der Waals surface area contributed by atoms with Gasteiger partial charge in [0.05, 0.1) is 0 Å². The van der Waals surface area contributed by atoms with Crippen molar-refractivity contribution in [1.82, 2.24) is 0 Å². The summed E-state index contributed by atoms with van der Waals surface area (Å²) < 4.78 is 0. The van der Waals surface area contributed by atoms with Gasteiger partial charge < -0.3 is 0 Å². The molecule has 0 amide bonds. The summed E-state index contributed by atoms with van der Waals surface area (Å²) in [6.45, 7) is 1.91. The number of benzene rings is 3. The third kappa shape index (κ3) is 2.71. The summed E-state index contributed by atoms with van der Waals surface area (Å²) in [6.07, 6.45) is 0.778. The van der Waals surface area contributed by atoms with Crippen LogP contribution in [0.1, 0.15) is 6.92 Å². The molecule has 120 valence electrons. The van der Waals surface area contributed by atoms with Crippen LogP contribution in [0, 0.1) is 11.8 Å². The average molecular weight is 395 g/mol. The van der Waals surface area contributed by atoms with E-state index in [4.69, 9.17) is 0 Å². The molecule has 0 spiro atoms. The number of halogens is 1. The summed E-state index contributed by atoms with van der Waals surface area (Å²) in [6, 6.07) is 32.2. The summed E-state index contributed by atoms with van der Waals surface area (Å²) in [7, 11) is 0. The van der Waals surface area contributed by atoms with E-state index < -0.39 is 5.31 Å². The number of hydrogen-bond donors (Lipinski definition) is 0. The van der Waals surface area contributed by atoms with E-state index in [2.05, 4.69) is 118 Å². The molecule has 0 unspecified atom stereocenters. The van der Waals surface area contributed by atoms with E-state index in [-0.39, 0.29) is 0 Å². The molecule has 24 heavy (non-hydrogen) atoms. The number of rotatable bonds is 4. The molecule has 0 aromatic heterocycles. The van der Waals surface area contributed by atoms with Gasteiger partial charge in [0, 0.05) is 0 Å². The second-order valence-electron chi connectivity index (χ2n) is 5.77. The molecule has 0 aliphatic carbocycles. The molecule has 3 aromatic carbocycles. The maximum absolute atomic E-state index is 4.35. The van der Waals surface area contributed by atoms with Crippen molar-refractivity contribution in [3.63, 3.8) is 0 Å². The van der Waals surface area contributed by atoms with Gasteiger partial charge in [-0.1, -0.05) is 0 Å². The molecule has 0 aliphatic rings. The van der Waals surface area contributed by atoms with Gasteiger partial charge in [-0.15, -0.1) is 0 Å². The Hall–Kier alpha value is -1.87. The van der Waals surface area contributed by atoms with Crippen LogP contribution in [0.2, 0.25) is 0 Å². The van der Waals surface area contributed by atoms with Crippen molar-refractivity contribution in [2.75, 3.05) is 6.16 Å². The van der Waals surface area contributed by atoms with Crippen LogP contribution >= 0.6 is 20.8 Å². The molecule has 2 heteroatoms. The molecule has 0 aliphatic heterocycles. The van der Waals surface area contributed by atoms with E-state index in [1.54, 1.807) is 0 Å². The second kappa shape index (κ2) is 6.94. The molecule has 0 nitrogen and oxygen atoms in total. The third-order valence-electron chi connectivity index (χ3n) is 4.44. The fourth-order valence-electron chi connectivity index (χ4n) is 3.17. The zero-order valence-corrected chi connectivity index (χ0v) is 16.2. The quantitative estimate of drug-likeness (QED) is 0.438. The summed E-state index contributed by atoms with van der Waals surface area (Å²) in [4.78, 5) is 0. The zero-order valence-electron chi connectivity index (χ0n) is 13.7. The molecule has 0 heterocycles. The van der Waals surface area contributed by atoms with Gasteiger partial charge in [0.25, 0.3) is 0 Å². The summed E-state index contributed by atoms with van der Waals surface area (Å²) in [5.41, 5.74) is 0. The first-order valence-corrected chi connectivity index (χ1v) is 12.4. The Morgan fingerprint density at radius 2 is 1.00 bits per heavy atom. The molecule has 0 bridgehead atoms. The standard InChI is InChI=1S/C22H20BrP/c1-2-3-19-24(23,20-13-7-4-8-14-20,21-15-9-5-10-16-21)22-17-11-6-12-18-22/h4-18H,19H2,1H3. The fraction of sp³-hybridized carbons (Fsp3) is 0.0909.